The molecule has 2 atom stereocenters. The van der Waals surface area contributed by atoms with Gasteiger partial charge in [-0.15, -0.1) is 0 Å². The Hall–Kier alpha value is 0.319. The van der Waals surface area contributed by atoms with Gasteiger partial charge in [-0.3, -0.25) is 0 Å². The van der Waals surface area contributed by atoms with E-state index in [9.17, 15) is 39.6 Å². The van der Waals surface area contributed by atoms with Crippen LogP contribution in [0.5, 0.6) is 0 Å². The molecule has 0 aliphatic carbocycles. The minimum Gasteiger partial charge on any atom is -0.550 e. The van der Waals surface area contributed by atoms with E-state index in [0.29, 0.717) is 0 Å². The van der Waals surface area contributed by atoms with Crippen molar-refractivity contribution >= 4 is 99.4 Å². The molecule has 0 saturated carbocycles. The largest absolute Gasteiger partial charge is 2.00 e. The first-order chi connectivity index (χ1) is 11.8. The summed E-state index contributed by atoms with van der Waals surface area (Å²) in [7, 11) is 0. The molecule has 156 valence electrons. The van der Waals surface area contributed by atoms with Gasteiger partial charge in [-0.25, -0.2) is 0 Å². The summed E-state index contributed by atoms with van der Waals surface area (Å²) in [4.78, 5) is 38.0. The van der Waals surface area contributed by atoms with Crippen molar-refractivity contribution in [1.29, 1.82) is 0 Å². The molecule has 0 heterocycles. The number of aliphatic hydroxyl groups is 2. The number of carboxylic acid groups (broad SMARTS) is 4. The van der Waals surface area contributed by atoms with Gasteiger partial charge in [0, 0.05) is 11.9 Å². The van der Waals surface area contributed by atoms with Crippen molar-refractivity contribution in [3.63, 3.8) is 0 Å². The number of aliphatic carboxylic acids is 4. The van der Waals surface area contributed by atoms with E-state index in [-0.39, 0.29) is 88.3 Å². The van der Waals surface area contributed by atoms with Crippen LogP contribution in [-0.2, 0) is 19.2 Å². The van der Waals surface area contributed by atoms with Crippen molar-refractivity contribution < 1.29 is 49.8 Å². The predicted octanol–water partition coefficient (Wildman–Crippen LogP) is -4.67. The van der Waals surface area contributed by atoms with E-state index >= 15 is 0 Å². The summed E-state index contributed by atoms with van der Waals surface area (Å²) >= 11 is 0. The van der Waals surface area contributed by atoms with E-state index in [1.807, 2.05) is 13.8 Å². The molecule has 0 aliphatic rings. The summed E-state index contributed by atoms with van der Waals surface area (Å²) < 4.78 is 0. The molecule has 28 heavy (non-hydrogen) atoms. The molecule has 0 aromatic heterocycles. The third-order valence-electron chi connectivity index (χ3n) is 2.15. The molecule has 10 nitrogen and oxygen atoms in total. The molecule has 12 heteroatoms. The van der Waals surface area contributed by atoms with Crippen LogP contribution in [0.4, 0.5) is 0 Å². The zero-order valence-corrected chi connectivity index (χ0v) is 21.4. The fourth-order valence-electron chi connectivity index (χ4n) is 0.642. The average Bonchev–Trinajstić information content (AvgIpc) is 2.52. The van der Waals surface area contributed by atoms with Crippen LogP contribution in [0.25, 0.3) is 0 Å². The number of rotatable bonds is 8. The van der Waals surface area contributed by atoms with Crippen molar-refractivity contribution in [2.24, 2.45) is 0 Å². The van der Waals surface area contributed by atoms with E-state index in [0.717, 1.165) is 39.5 Å². The molecule has 0 spiro atoms. The fourth-order valence-corrected chi connectivity index (χ4v) is 0.642. The van der Waals surface area contributed by atoms with Gasteiger partial charge in [0.15, 0.2) is 0 Å². The van der Waals surface area contributed by atoms with Gasteiger partial charge >= 0.3 is 75.5 Å². The molecule has 0 aromatic rings. The molecule has 0 amide bonds. The SMILES string of the molecule is CC(O)C(=O)[O-].CC(O)C(=O)[O-].CCCCC(=O)[O-].CCCCC(=O)[O-].[Ca+2].[Ca+2]. The van der Waals surface area contributed by atoms with Crippen molar-refractivity contribution in [3.8, 4) is 0 Å². The molecule has 0 saturated heterocycles. The van der Waals surface area contributed by atoms with E-state index in [4.69, 9.17) is 10.2 Å². The van der Waals surface area contributed by atoms with Crippen molar-refractivity contribution in [2.75, 3.05) is 0 Å². The van der Waals surface area contributed by atoms with Gasteiger partial charge in [0.2, 0.25) is 0 Å². The molecule has 0 radical (unpaired) electrons. The van der Waals surface area contributed by atoms with E-state index < -0.39 is 36.1 Å². The maximum atomic E-state index is 9.65. The summed E-state index contributed by atoms with van der Waals surface area (Å²) in [5.41, 5.74) is 0. The van der Waals surface area contributed by atoms with Crippen LogP contribution in [0.1, 0.15) is 66.2 Å². The van der Waals surface area contributed by atoms with Gasteiger partial charge in [0.1, 0.15) is 0 Å². The third kappa shape index (κ3) is 63.4. The summed E-state index contributed by atoms with van der Waals surface area (Å²) in [6, 6.07) is 0. The zero-order chi connectivity index (χ0) is 21.7. The van der Waals surface area contributed by atoms with Gasteiger partial charge in [0.25, 0.3) is 0 Å². The first-order valence-corrected chi connectivity index (χ1v) is 8.00. The normalized spacial score (nSPS) is 10.2. The molecule has 0 rings (SSSR count). The van der Waals surface area contributed by atoms with E-state index in [1.54, 1.807) is 0 Å². The zero-order valence-electron chi connectivity index (χ0n) is 17.0. The van der Waals surface area contributed by atoms with E-state index in [1.165, 1.54) is 0 Å². The molecule has 0 fully saturated rings. The smallest absolute Gasteiger partial charge is 0.550 e. The van der Waals surface area contributed by atoms with Gasteiger partial charge in [-0.05, 0) is 39.5 Å². The van der Waals surface area contributed by atoms with Crippen LogP contribution in [-0.4, -0.2) is 122 Å². The minimum absolute atomic E-state index is 0. The van der Waals surface area contributed by atoms with Gasteiger partial charge in [0.05, 0.1) is 24.1 Å². The predicted molar refractivity (Wildman–Crippen MR) is 93.9 cm³/mol. The number of carbonyl (C=O) groups excluding carboxylic acids is 4. The molecule has 2 N–H and O–H groups in total. The van der Waals surface area contributed by atoms with Crippen LogP contribution < -0.4 is 20.4 Å². The summed E-state index contributed by atoms with van der Waals surface area (Å²) in [6.07, 6.45) is 1.05. The topological polar surface area (TPSA) is 201 Å². The molecule has 0 bridgehead atoms. The molecular weight excluding hydrogens is 432 g/mol. The number of unbranched alkanes of at least 4 members (excludes halogenated alkanes) is 2. The number of hydrogen-bond acceptors (Lipinski definition) is 10. The van der Waals surface area contributed by atoms with Crippen LogP contribution in [0.15, 0.2) is 0 Å². The van der Waals surface area contributed by atoms with Crippen LogP contribution >= 0.6 is 0 Å². The van der Waals surface area contributed by atoms with Crippen molar-refractivity contribution in [1.82, 2.24) is 0 Å². The van der Waals surface area contributed by atoms with Crippen LogP contribution in [0.3, 0.4) is 0 Å². The number of aliphatic hydroxyl groups excluding tert-OH is 2. The molecule has 2 unspecified atom stereocenters. The second-order valence-electron chi connectivity index (χ2n) is 4.94. The minimum atomic E-state index is -1.44. The Morgan fingerprint density at radius 2 is 0.857 bits per heavy atom. The van der Waals surface area contributed by atoms with Crippen LogP contribution in [0.2, 0.25) is 0 Å². The van der Waals surface area contributed by atoms with Gasteiger partial charge in [-0.1, -0.05) is 26.7 Å². The quantitative estimate of drug-likeness (QED) is 0.331. The van der Waals surface area contributed by atoms with Gasteiger partial charge < -0.3 is 49.8 Å². The Labute approximate surface area is 225 Å². The number of hydrogen-bond donors (Lipinski definition) is 2. The maximum Gasteiger partial charge on any atom is 2.00 e. The second-order valence-corrected chi connectivity index (χ2v) is 4.94. The third-order valence-corrected chi connectivity index (χ3v) is 2.15. The Morgan fingerprint density at radius 3 is 0.893 bits per heavy atom. The summed E-state index contributed by atoms with van der Waals surface area (Å²) in [5.74, 6) is -4.76. The van der Waals surface area contributed by atoms with Crippen LogP contribution in [0, 0.1) is 0 Å². The monoisotopic (exact) mass is 460 g/mol. The average molecular weight is 461 g/mol. The first-order valence-electron chi connectivity index (χ1n) is 8.00. The molecule has 0 aliphatic heterocycles. The van der Waals surface area contributed by atoms with Gasteiger partial charge in [-0.2, -0.15) is 0 Å². The first kappa shape index (κ1) is 42.4. The Balaban J connectivity index is -0.0000000564. The number of carboxylic acids is 4. The molecule has 0 aromatic carbocycles. The Kier molecular flexibility index (Phi) is 48.5. The van der Waals surface area contributed by atoms with Crippen molar-refractivity contribution in [2.45, 2.75) is 78.4 Å². The molecular formula is C16H28Ca2O10. The fraction of sp³-hybridized carbons (Fsp3) is 0.750. The second kappa shape index (κ2) is 32.0. The Morgan fingerprint density at radius 1 is 0.679 bits per heavy atom. The van der Waals surface area contributed by atoms with E-state index in [2.05, 4.69) is 0 Å². The summed E-state index contributed by atoms with van der Waals surface area (Å²) in [6.45, 7) is 6.16. The summed E-state index contributed by atoms with van der Waals surface area (Å²) in [5, 5.41) is 53.9. The maximum absolute atomic E-state index is 9.65. The van der Waals surface area contributed by atoms with Crippen molar-refractivity contribution in [3.05, 3.63) is 0 Å². The Bertz CT molecular complexity index is 352. The standard InChI is InChI=1S/2C5H10O2.2C3H6O3.2Ca/c2*1-2-3-4-5(6)7;2*1-2(4)3(5)6;;/h2*2-4H2,1H3,(H,6,7);2*2,4H,1H3,(H,5,6);;/q;;;;2*+2/p-4. The number of carbonyl (C=O) groups is 4.